The van der Waals surface area contributed by atoms with Gasteiger partial charge in [0.2, 0.25) is 0 Å². The van der Waals surface area contributed by atoms with E-state index < -0.39 is 44.7 Å². The fourth-order valence-corrected chi connectivity index (χ4v) is 17.6. The SMILES string of the molecule is CCC1C=C(C(C)(C)C)C=[C]1[Zr](=[C](c1cccc(C(F)(F)F)c1)c1cccc(C(F)(F)F)c1)[CH]1c2ccc(C(C)(C)C)cc2-c2cc(C(C)(C)C)ccc21. The Balaban J connectivity index is 1.83. The molecule has 54 heavy (non-hydrogen) atoms. The average molecular weight is 820 g/mol. The summed E-state index contributed by atoms with van der Waals surface area (Å²) in [6.07, 6.45) is -3.91. The second kappa shape index (κ2) is 14.0. The number of rotatable bonds is 5. The zero-order chi connectivity index (χ0) is 39.8. The number of benzene rings is 4. The summed E-state index contributed by atoms with van der Waals surface area (Å²) in [4.78, 5) is 0. The minimum absolute atomic E-state index is 0.00965. The standard InChI is InChI=1S/C21H25.C15H8F6.C11H17.Zr/c1-20(2,3)16-9-7-14-11-15-8-10-17(21(4,5)6)13-19(15)18(14)12-16;16-14(17,18)12-5-1-3-10(8-12)7-11-4-2-6-13(9-11)15(19,20)21;1-5-9-6-7-10(8-9)11(2,3)4;/h7-13H,1-6H3;1-6,8-9H;7-9H,5H2,1-4H3;. The fourth-order valence-electron chi connectivity index (χ4n) is 7.84. The molecule has 0 spiro atoms. The number of allylic oxidation sites excluding steroid dienone is 4. The number of halogens is 6. The van der Waals surface area contributed by atoms with Gasteiger partial charge in [0.25, 0.3) is 0 Å². The van der Waals surface area contributed by atoms with Crippen molar-refractivity contribution in [3.63, 3.8) is 0 Å². The Morgan fingerprint density at radius 3 is 1.37 bits per heavy atom. The Bertz CT molecular complexity index is 2070. The van der Waals surface area contributed by atoms with Gasteiger partial charge < -0.3 is 0 Å². The molecule has 1 atom stereocenters. The van der Waals surface area contributed by atoms with Gasteiger partial charge >= 0.3 is 326 Å². The molecule has 6 rings (SSSR count). The van der Waals surface area contributed by atoms with Gasteiger partial charge in [0, 0.05) is 0 Å². The van der Waals surface area contributed by atoms with Gasteiger partial charge in [-0.1, -0.05) is 0 Å². The average Bonchev–Trinajstić information content (AvgIpc) is 3.65. The van der Waals surface area contributed by atoms with E-state index in [9.17, 15) is 26.3 Å². The molecule has 7 heteroatoms. The first kappa shape index (κ1) is 40.4. The third kappa shape index (κ3) is 7.86. The predicted molar refractivity (Wildman–Crippen MR) is 207 cm³/mol. The van der Waals surface area contributed by atoms with Crippen LogP contribution in [-0.4, -0.2) is 3.21 Å². The van der Waals surface area contributed by atoms with Crippen LogP contribution in [0.2, 0.25) is 0 Å². The van der Waals surface area contributed by atoms with Crippen molar-refractivity contribution in [2.45, 2.75) is 102 Å². The molecule has 0 bridgehead atoms. The second-order valence-electron chi connectivity index (χ2n) is 18.0. The van der Waals surface area contributed by atoms with Gasteiger partial charge in [-0.3, -0.25) is 0 Å². The Hall–Kier alpha value is -3.31. The van der Waals surface area contributed by atoms with E-state index in [1.807, 2.05) is 0 Å². The van der Waals surface area contributed by atoms with Gasteiger partial charge in [0.05, 0.1) is 0 Å². The van der Waals surface area contributed by atoms with E-state index in [0.717, 1.165) is 58.5 Å². The molecule has 0 saturated carbocycles. The molecule has 1 unspecified atom stereocenters. The topological polar surface area (TPSA) is 0 Å². The molecule has 4 aromatic rings. The molecule has 0 aromatic heterocycles. The summed E-state index contributed by atoms with van der Waals surface area (Å²) in [5.41, 5.74) is 6.48. The number of hydrogen-bond donors (Lipinski definition) is 0. The van der Waals surface area contributed by atoms with Crippen LogP contribution in [0.15, 0.2) is 106 Å². The predicted octanol–water partition coefficient (Wildman–Crippen LogP) is 14.2. The molecule has 0 nitrogen and oxygen atoms in total. The number of hydrogen-bond acceptors (Lipinski definition) is 0. The molecule has 284 valence electrons. The van der Waals surface area contributed by atoms with E-state index in [1.165, 1.54) is 26.5 Å². The summed E-state index contributed by atoms with van der Waals surface area (Å²) < 4.78 is 88.4. The van der Waals surface area contributed by atoms with Gasteiger partial charge in [0.15, 0.2) is 0 Å². The maximum absolute atomic E-state index is 14.5. The van der Waals surface area contributed by atoms with Crippen molar-refractivity contribution in [1.82, 2.24) is 0 Å². The normalized spacial score (nSPS) is 16.6. The van der Waals surface area contributed by atoms with Crippen molar-refractivity contribution in [3.05, 3.63) is 150 Å². The number of fused-ring (bicyclic) bond motifs is 3. The zero-order valence-corrected chi connectivity index (χ0v) is 35.3. The first-order valence-corrected chi connectivity index (χ1v) is 22.6. The Kier molecular flexibility index (Phi) is 10.5. The summed E-state index contributed by atoms with van der Waals surface area (Å²) in [7, 11) is 0. The van der Waals surface area contributed by atoms with Gasteiger partial charge in [-0.25, -0.2) is 0 Å². The molecule has 2 aliphatic carbocycles. The van der Waals surface area contributed by atoms with Crippen molar-refractivity contribution in [2.75, 3.05) is 0 Å². The summed E-state index contributed by atoms with van der Waals surface area (Å²) in [6, 6.07) is 23.8. The quantitative estimate of drug-likeness (QED) is 0.176. The minimum atomic E-state index is -4.63. The Labute approximate surface area is 324 Å². The van der Waals surface area contributed by atoms with Gasteiger partial charge in [0.1, 0.15) is 0 Å². The molecule has 0 radical (unpaired) electrons. The fraction of sp³-hybridized carbons (Fsp3) is 0.383. The summed E-state index contributed by atoms with van der Waals surface area (Å²) in [5, 5.41) is 0. The van der Waals surface area contributed by atoms with Crippen LogP contribution in [0.25, 0.3) is 11.1 Å². The van der Waals surface area contributed by atoms with E-state index >= 15 is 0 Å². The van der Waals surface area contributed by atoms with E-state index in [1.54, 1.807) is 12.1 Å². The van der Waals surface area contributed by atoms with Crippen molar-refractivity contribution in [3.8, 4) is 11.1 Å². The van der Waals surface area contributed by atoms with Gasteiger partial charge in [-0.2, -0.15) is 0 Å². The van der Waals surface area contributed by atoms with Crippen LogP contribution in [0.5, 0.6) is 0 Å². The summed E-state index contributed by atoms with van der Waals surface area (Å²) in [6.45, 7) is 21.6. The van der Waals surface area contributed by atoms with Crippen molar-refractivity contribution in [1.29, 1.82) is 0 Å². The first-order chi connectivity index (χ1) is 24.9. The molecule has 0 heterocycles. The van der Waals surface area contributed by atoms with Gasteiger partial charge in [-0.05, 0) is 0 Å². The van der Waals surface area contributed by atoms with E-state index in [2.05, 4.69) is 118 Å². The van der Waals surface area contributed by atoms with E-state index in [0.29, 0.717) is 14.3 Å². The Morgan fingerprint density at radius 2 is 1.00 bits per heavy atom. The summed E-state index contributed by atoms with van der Waals surface area (Å²) >= 11 is -3.77. The number of alkyl halides is 6. The van der Waals surface area contributed by atoms with Crippen molar-refractivity contribution < 1.29 is 47.6 Å². The molecule has 0 aliphatic heterocycles. The molecule has 0 amide bonds. The molecule has 0 N–H and O–H groups in total. The van der Waals surface area contributed by atoms with Crippen LogP contribution in [0.3, 0.4) is 0 Å². The van der Waals surface area contributed by atoms with Crippen LogP contribution in [0.4, 0.5) is 26.3 Å². The summed E-state index contributed by atoms with van der Waals surface area (Å²) in [5.74, 6) is 0.00965. The van der Waals surface area contributed by atoms with Crippen LogP contribution >= 0.6 is 0 Å². The van der Waals surface area contributed by atoms with Crippen molar-refractivity contribution >= 4 is 3.21 Å². The molecule has 4 aromatic carbocycles. The molecular weight excluding hydrogens is 770 g/mol. The molecule has 0 saturated heterocycles. The third-order valence-electron chi connectivity index (χ3n) is 11.0. The van der Waals surface area contributed by atoms with Crippen LogP contribution < -0.4 is 0 Å². The van der Waals surface area contributed by atoms with E-state index in [-0.39, 0.29) is 25.8 Å². The molecular formula is C47H50F6Zr. The van der Waals surface area contributed by atoms with Crippen LogP contribution in [0, 0.1) is 11.3 Å². The molecule has 0 fully saturated rings. The van der Waals surface area contributed by atoms with Crippen LogP contribution in [0.1, 0.15) is 124 Å². The third-order valence-corrected chi connectivity index (χ3v) is 19.5. The van der Waals surface area contributed by atoms with Crippen molar-refractivity contribution in [2.24, 2.45) is 11.3 Å². The van der Waals surface area contributed by atoms with E-state index in [4.69, 9.17) is 0 Å². The van der Waals surface area contributed by atoms with Crippen LogP contribution in [-0.2, 0) is 44.4 Å². The zero-order valence-electron chi connectivity index (χ0n) is 32.9. The molecule has 2 aliphatic rings. The first-order valence-electron chi connectivity index (χ1n) is 18.7. The Morgan fingerprint density at radius 1 is 0.556 bits per heavy atom. The maximum atomic E-state index is 14.5. The van der Waals surface area contributed by atoms with Gasteiger partial charge in [-0.15, -0.1) is 0 Å². The monoisotopic (exact) mass is 818 g/mol. The second-order valence-corrected chi connectivity index (χ2v) is 24.1.